The van der Waals surface area contributed by atoms with Crippen LogP contribution in [0.2, 0.25) is 0 Å². The molecule has 2 saturated heterocycles. The standard InChI is InChI=1S/C18H26N6O3S/c1-13-18(14(2)27-21-13)28(25,26)24-10-8-23(9-11-24)17-12-16(19-15(3)20-17)22-6-4-5-7-22/h12H,4-11H2,1-3H3. The number of anilines is 2. The number of piperazine rings is 1. The molecule has 2 aromatic heterocycles. The maximum atomic E-state index is 13.0. The van der Waals surface area contributed by atoms with Gasteiger partial charge in [-0.15, -0.1) is 0 Å². The lowest BCUT2D eigenvalue weighted by atomic mass is 10.3. The van der Waals surface area contributed by atoms with E-state index in [0.29, 0.717) is 37.6 Å². The lowest BCUT2D eigenvalue weighted by Gasteiger charge is -2.35. The number of aromatic nitrogens is 3. The van der Waals surface area contributed by atoms with Crippen LogP contribution in [0, 0.1) is 20.8 Å². The SMILES string of the molecule is Cc1nc(N2CCCC2)cc(N2CCN(S(=O)(=O)c3c(C)noc3C)CC2)n1. The summed E-state index contributed by atoms with van der Waals surface area (Å²) in [5.74, 6) is 2.90. The summed E-state index contributed by atoms with van der Waals surface area (Å²) in [6.07, 6.45) is 2.38. The Morgan fingerprint density at radius 3 is 2.00 bits per heavy atom. The molecule has 0 atom stereocenters. The summed E-state index contributed by atoms with van der Waals surface area (Å²) >= 11 is 0. The molecule has 2 aliphatic heterocycles. The second-order valence-electron chi connectivity index (χ2n) is 7.37. The highest BCUT2D eigenvalue weighted by molar-refractivity contribution is 7.89. The minimum absolute atomic E-state index is 0.190. The molecule has 0 saturated carbocycles. The van der Waals surface area contributed by atoms with Gasteiger partial charge in [-0.2, -0.15) is 4.31 Å². The molecular weight excluding hydrogens is 380 g/mol. The van der Waals surface area contributed by atoms with E-state index in [0.717, 1.165) is 30.5 Å². The van der Waals surface area contributed by atoms with Crippen molar-refractivity contribution in [2.75, 3.05) is 49.1 Å². The van der Waals surface area contributed by atoms with E-state index < -0.39 is 10.0 Å². The minimum atomic E-state index is -3.61. The van der Waals surface area contributed by atoms with Gasteiger partial charge in [-0.3, -0.25) is 0 Å². The van der Waals surface area contributed by atoms with Gasteiger partial charge in [0.25, 0.3) is 0 Å². The molecule has 28 heavy (non-hydrogen) atoms. The Balaban J connectivity index is 1.50. The Bertz CT molecular complexity index is 940. The summed E-state index contributed by atoms with van der Waals surface area (Å²) in [6.45, 7) is 9.20. The van der Waals surface area contributed by atoms with Crippen LogP contribution in [-0.4, -0.2) is 67.1 Å². The predicted octanol–water partition coefficient (Wildman–Crippen LogP) is 1.50. The van der Waals surface area contributed by atoms with Gasteiger partial charge in [0.05, 0.1) is 0 Å². The fraction of sp³-hybridized carbons (Fsp3) is 0.611. The quantitative estimate of drug-likeness (QED) is 0.754. The number of nitrogens with zero attached hydrogens (tertiary/aromatic N) is 6. The summed E-state index contributed by atoms with van der Waals surface area (Å²) in [5, 5.41) is 3.78. The first-order chi connectivity index (χ1) is 13.4. The molecule has 152 valence electrons. The Morgan fingerprint density at radius 2 is 1.46 bits per heavy atom. The summed E-state index contributed by atoms with van der Waals surface area (Å²) in [4.78, 5) is 13.8. The highest BCUT2D eigenvalue weighted by Crippen LogP contribution is 2.27. The Labute approximate surface area is 165 Å². The summed E-state index contributed by atoms with van der Waals surface area (Å²) in [6, 6.07) is 2.02. The molecule has 2 fully saturated rings. The zero-order valence-corrected chi connectivity index (χ0v) is 17.4. The third kappa shape index (κ3) is 3.46. The first kappa shape index (κ1) is 19.1. The van der Waals surface area contributed by atoms with Crippen LogP contribution in [0.3, 0.4) is 0 Å². The van der Waals surface area contributed by atoms with Gasteiger partial charge in [0.1, 0.15) is 28.0 Å². The average Bonchev–Trinajstić information content (AvgIpc) is 3.31. The van der Waals surface area contributed by atoms with Gasteiger partial charge in [-0.05, 0) is 33.6 Å². The molecule has 0 spiro atoms. The van der Waals surface area contributed by atoms with Crippen LogP contribution in [0.15, 0.2) is 15.5 Å². The monoisotopic (exact) mass is 406 g/mol. The van der Waals surface area contributed by atoms with Crippen molar-refractivity contribution >= 4 is 21.7 Å². The molecule has 4 rings (SSSR count). The van der Waals surface area contributed by atoms with Crippen molar-refractivity contribution in [3.05, 3.63) is 23.3 Å². The molecule has 2 aromatic rings. The summed E-state index contributed by atoms with van der Waals surface area (Å²) in [5.41, 5.74) is 0.404. The largest absolute Gasteiger partial charge is 0.360 e. The van der Waals surface area contributed by atoms with Crippen LogP contribution in [0.25, 0.3) is 0 Å². The molecule has 0 unspecified atom stereocenters. The molecule has 4 heterocycles. The van der Waals surface area contributed by atoms with E-state index >= 15 is 0 Å². The first-order valence-corrected chi connectivity index (χ1v) is 11.1. The maximum Gasteiger partial charge on any atom is 0.248 e. The Hall–Kier alpha value is -2.20. The number of sulfonamides is 1. The van der Waals surface area contributed by atoms with Crippen LogP contribution in [0.4, 0.5) is 11.6 Å². The van der Waals surface area contributed by atoms with Crippen LogP contribution < -0.4 is 9.80 Å². The van der Waals surface area contributed by atoms with Gasteiger partial charge in [-0.25, -0.2) is 18.4 Å². The van der Waals surface area contributed by atoms with Gasteiger partial charge >= 0.3 is 0 Å². The van der Waals surface area contributed by atoms with Gasteiger partial charge in [0.15, 0.2) is 5.76 Å². The molecule has 0 aliphatic carbocycles. The first-order valence-electron chi connectivity index (χ1n) is 9.65. The van der Waals surface area contributed by atoms with Crippen molar-refractivity contribution in [1.82, 2.24) is 19.4 Å². The molecular formula is C18H26N6O3S. The second kappa shape index (κ2) is 7.32. The van der Waals surface area contributed by atoms with E-state index in [1.165, 1.54) is 17.1 Å². The van der Waals surface area contributed by atoms with Crippen molar-refractivity contribution in [2.24, 2.45) is 0 Å². The predicted molar refractivity (Wildman–Crippen MR) is 105 cm³/mol. The van der Waals surface area contributed by atoms with Gasteiger partial charge in [0.2, 0.25) is 10.0 Å². The minimum Gasteiger partial charge on any atom is -0.360 e. The molecule has 10 heteroatoms. The zero-order chi connectivity index (χ0) is 19.9. The van der Waals surface area contributed by atoms with Gasteiger partial charge < -0.3 is 14.3 Å². The summed E-state index contributed by atoms with van der Waals surface area (Å²) < 4.78 is 32.5. The van der Waals surface area contributed by atoms with Crippen molar-refractivity contribution in [3.8, 4) is 0 Å². The van der Waals surface area contributed by atoms with Crippen LogP contribution >= 0.6 is 0 Å². The van der Waals surface area contributed by atoms with Crippen LogP contribution in [-0.2, 0) is 10.0 Å². The van der Waals surface area contributed by atoms with Crippen molar-refractivity contribution < 1.29 is 12.9 Å². The van der Waals surface area contributed by atoms with Crippen molar-refractivity contribution in [3.63, 3.8) is 0 Å². The topological polar surface area (TPSA) is 95.7 Å². The zero-order valence-electron chi connectivity index (χ0n) is 16.6. The molecule has 0 N–H and O–H groups in total. The highest BCUT2D eigenvalue weighted by Gasteiger charge is 2.33. The van der Waals surface area contributed by atoms with E-state index in [1.54, 1.807) is 13.8 Å². The van der Waals surface area contributed by atoms with E-state index in [4.69, 9.17) is 4.52 Å². The van der Waals surface area contributed by atoms with E-state index in [1.807, 2.05) is 13.0 Å². The highest BCUT2D eigenvalue weighted by atomic mass is 32.2. The fourth-order valence-electron chi connectivity index (χ4n) is 3.94. The fourth-order valence-corrected chi connectivity index (χ4v) is 5.65. The number of hydrogen-bond acceptors (Lipinski definition) is 8. The molecule has 9 nitrogen and oxygen atoms in total. The molecule has 0 aromatic carbocycles. The van der Waals surface area contributed by atoms with Crippen LogP contribution in [0.5, 0.6) is 0 Å². The van der Waals surface area contributed by atoms with Gasteiger partial charge in [0, 0.05) is 45.3 Å². The van der Waals surface area contributed by atoms with E-state index in [2.05, 4.69) is 24.9 Å². The lowest BCUT2D eigenvalue weighted by Crippen LogP contribution is -2.49. The van der Waals surface area contributed by atoms with Crippen molar-refractivity contribution in [2.45, 2.75) is 38.5 Å². The lowest BCUT2D eigenvalue weighted by molar-refractivity contribution is 0.377. The maximum absolute atomic E-state index is 13.0. The van der Waals surface area contributed by atoms with Crippen LogP contribution in [0.1, 0.15) is 30.1 Å². The molecule has 0 bridgehead atoms. The molecule has 0 radical (unpaired) electrons. The third-order valence-corrected chi connectivity index (χ3v) is 7.51. The Morgan fingerprint density at radius 1 is 0.893 bits per heavy atom. The molecule has 2 aliphatic rings. The number of rotatable bonds is 4. The van der Waals surface area contributed by atoms with Gasteiger partial charge in [-0.1, -0.05) is 5.16 Å². The smallest absolute Gasteiger partial charge is 0.248 e. The Kier molecular flexibility index (Phi) is 5.00. The van der Waals surface area contributed by atoms with E-state index in [-0.39, 0.29) is 4.90 Å². The second-order valence-corrected chi connectivity index (χ2v) is 9.24. The van der Waals surface area contributed by atoms with Crippen molar-refractivity contribution in [1.29, 1.82) is 0 Å². The number of aryl methyl sites for hydroxylation is 3. The normalized spacial score (nSPS) is 18.8. The average molecular weight is 407 g/mol. The number of hydrogen-bond donors (Lipinski definition) is 0. The van der Waals surface area contributed by atoms with E-state index in [9.17, 15) is 8.42 Å². The summed E-state index contributed by atoms with van der Waals surface area (Å²) in [7, 11) is -3.61. The third-order valence-electron chi connectivity index (χ3n) is 5.37. The molecule has 0 amide bonds.